The Labute approximate surface area is 136 Å². The lowest BCUT2D eigenvalue weighted by molar-refractivity contribution is 0.349. The zero-order valence-electron chi connectivity index (χ0n) is 12.2. The molecule has 0 saturated heterocycles. The van der Waals surface area contributed by atoms with E-state index in [-0.39, 0.29) is 0 Å². The molecule has 1 heterocycles. The summed E-state index contributed by atoms with van der Waals surface area (Å²) in [4.78, 5) is 8.79. The highest BCUT2D eigenvalue weighted by atomic mass is 127. The number of methoxy groups -OCH3 is 3. The highest BCUT2D eigenvalue weighted by molar-refractivity contribution is 14.1. The van der Waals surface area contributed by atoms with Crippen LogP contribution in [0.4, 0.5) is 5.82 Å². The molecule has 2 aromatic rings. The van der Waals surface area contributed by atoms with Crippen LogP contribution in [0.15, 0.2) is 12.1 Å². The highest BCUT2D eigenvalue weighted by Gasteiger charge is 2.17. The Hall–Kier alpha value is -1.77. The van der Waals surface area contributed by atoms with E-state index in [1.807, 2.05) is 6.92 Å². The Morgan fingerprint density at radius 3 is 2.05 bits per heavy atom. The van der Waals surface area contributed by atoms with Gasteiger partial charge in [-0.15, -0.1) is 0 Å². The second-order valence-corrected chi connectivity index (χ2v) is 5.32. The SMILES string of the molecule is COc1cc(OC)c(-c2nc(C)c(I)c(N)n2)cc1OC. The Bertz CT molecular complexity index is 654. The first-order chi connectivity index (χ1) is 10.0. The van der Waals surface area contributed by atoms with Gasteiger partial charge >= 0.3 is 0 Å². The number of anilines is 1. The summed E-state index contributed by atoms with van der Waals surface area (Å²) in [6, 6.07) is 3.51. The number of rotatable bonds is 4. The normalized spacial score (nSPS) is 10.3. The van der Waals surface area contributed by atoms with Crippen LogP contribution in [0.5, 0.6) is 17.2 Å². The minimum absolute atomic E-state index is 0.440. The van der Waals surface area contributed by atoms with E-state index in [2.05, 4.69) is 32.6 Å². The number of halogens is 1. The van der Waals surface area contributed by atoms with Gasteiger partial charge in [0.25, 0.3) is 0 Å². The first-order valence-electron chi connectivity index (χ1n) is 6.11. The molecule has 0 radical (unpaired) electrons. The van der Waals surface area contributed by atoms with Crippen molar-refractivity contribution < 1.29 is 14.2 Å². The monoisotopic (exact) mass is 401 g/mol. The van der Waals surface area contributed by atoms with Crippen LogP contribution in [0.3, 0.4) is 0 Å². The third kappa shape index (κ3) is 2.97. The van der Waals surface area contributed by atoms with Gasteiger partial charge in [0, 0.05) is 6.07 Å². The maximum atomic E-state index is 5.92. The molecule has 2 N–H and O–H groups in total. The number of nitrogens with zero attached hydrogens (tertiary/aromatic N) is 2. The van der Waals surface area contributed by atoms with Crippen molar-refractivity contribution >= 4 is 28.4 Å². The standard InChI is InChI=1S/C14H16IN3O3/c1-7-12(15)13(16)18-14(17-7)8-5-10(20-3)11(21-4)6-9(8)19-2/h5-6H,1-4H3,(H2,16,17,18). The van der Waals surface area contributed by atoms with E-state index in [0.29, 0.717) is 34.5 Å². The van der Waals surface area contributed by atoms with E-state index in [1.54, 1.807) is 33.5 Å². The fourth-order valence-electron chi connectivity index (χ4n) is 1.91. The molecule has 112 valence electrons. The van der Waals surface area contributed by atoms with Crippen LogP contribution in [0.25, 0.3) is 11.4 Å². The minimum atomic E-state index is 0.440. The van der Waals surface area contributed by atoms with Crippen LogP contribution >= 0.6 is 22.6 Å². The van der Waals surface area contributed by atoms with Crippen molar-refractivity contribution in [2.75, 3.05) is 27.1 Å². The molecule has 1 aromatic carbocycles. The van der Waals surface area contributed by atoms with E-state index >= 15 is 0 Å². The summed E-state index contributed by atoms with van der Waals surface area (Å²) < 4.78 is 16.8. The molecule has 0 unspecified atom stereocenters. The van der Waals surface area contributed by atoms with E-state index in [1.165, 1.54) is 0 Å². The molecule has 0 spiro atoms. The molecular weight excluding hydrogens is 385 g/mol. The smallest absolute Gasteiger partial charge is 0.165 e. The van der Waals surface area contributed by atoms with E-state index < -0.39 is 0 Å². The van der Waals surface area contributed by atoms with E-state index in [4.69, 9.17) is 19.9 Å². The Morgan fingerprint density at radius 2 is 1.52 bits per heavy atom. The van der Waals surface area contributed by atoms with Crippen LogP contribution in [-0.2, 0) is 0 Å². The molecule has 21 heavy (non-hydrogen) atoms. The first-order valence-corrected chi connectivity index (χ1v) is 7.19. The molecule has 2 rings (SSSR count). The molecule has 0 aliphatic carbocycles. The average molecular weight is 401 g/mol. The van der Waals surface area contributed by atoms with Crippen LogP contribution in [0, 0.1) is 10.5 Å². The fraction of sp³-hybridized carbons (Fsp3) is 0.286. The van der Waals surface area contributed by atoms with Gasteiger partial charge in [-0.25, -0.2) is 9.97 Å². The van der Waals surface area contributed by atoms with E-state index in [0.717, 1.165) is 9.26 Å². The number of hydrogen-bond donors (Lipinski definition) is 1. The average Bonchev–Trinajstić information content (AvgIpc) is 2.50. The summed E-state index contributed by atoms with van der Waals surface area (Å²) in [6.07, 6.45) is 0. The van der Waals surface area contributed by atoms with Gasteiger partial charge in [0.1, 0.15) is 11.6 Å². The van der Waals surface area contributed by atoms with Crippen molar-refractivity contribution in [3.8, 4) is 28.6 Å². The number of nitrogen functional groups attached to an aromatic ring is 1. The van der Waals surface area contributed by atoms with Crippen molar-refractivity contribution in [2.45, 2.75) is 6.92 Å². The third-order valence-electron chi connectivity index (χ3n) is 2.99. The van der Waals surface area contributed by atoms with Crippen molar-refractivity contribution in [3.05, 3.63) is 21.4 Å². The quantitative estimate of drug-likeness (QED) is 0.794. The van der Waals surface area contributed by atoms with Gasteiger partial charge in [0.15, 0.2) is 17.3 Å². The van der Waals surface area contributed by atoms with Crippen molar-refractivity contribution in [2.24, 2.45) is 0 Å². The van der Waals surface area contributed by atoms with Gasteiger partial charge in [0.05, 0.1) is 36.2 Å². The minimum Gasteiger partial charge on any atom is -0.496 e. The number of benzene rings is 1. The molecule has 0 aliphatic heterocycles. The van der Waals surface area contributed by atoms with Crippen molar-refractivity contribution in [3.63, 3.8) is 0 Å². The van der Waals surface area contributed by atoms with Crippen molar-refractivity contribution in [1.82, 2.24) is 9.97 Å². The van der Waals surface area contributed by atoms with Crippen LogP contribution in [0.2, 0.25) is 0 Å². The predicted molar refractivity (Wildman–Crippen MR) is 89.0 cm³/mol. The molecule has 0 fully saturated rings. The van der Waals surface area contributed by atoms with Crippen molar-refractivity contribution in [1.29, 1.82) is 0 Å². The van der Waals surface area contributed by atoms with Gasteiger partial charge in [0.2, 0.25) is 0 Å². The summed E-state index contributed by atoms with van der Waals surface area (Å²) in [6.45, 7) is 1.89. The second kappa shape index (κ2) is 6.33. The van der Waals surface area contributed by atoms with Gasteiger partial charge in [-0.1, -0.05) is 0 Å². The summed E-state index contributed by atoms with van der Waals surface area (Å²) in [7, 11) is 4.72. The molecule has 0 amide bonds. The Balaban J connectivity index is 2.67. The summed E-state index contributed by atoms with van der Waals surface area (Å²) in [5.74, 6) is 2.67. The van der Waals surface area contributed by atoms with Gasteiger partial charge in [-0.05, 0) is 35.6 Å². The number of aryl methyl sites for hydroxylation is 1. The summed E-state index contributed by atoms with van der Waals surface area (Å²) in [5.41, 5.74) is 7.43. The molecule has 0 saturated carbocycles. The number of ether oxygens (including phenoxy) is 3. The highest BCUT2D eigenvalue weighted by Crippen LogP contribution is 2.39. The molecule has 1 aromatic heterocycles. The molecule has 7 heteroatoms. The van der Waals surface area contributed by atoms with E-state index in [9.17, 15) is 0 Å². The number of hydrogen-bond acceptors (Lipinski definition) is 6. The van der Waals surface area contributed by atoms with Gasteiger partial charge in [-0.3, -0.25) is 0 Å². The Morgan fingerprint density at radius 1 is 0.952 bits per heavy atom. The lowest BCUT2D eigenvalue weighted by Gasteiger charge is -2.14. The Kier molecular flexibility index (Phi) is 4.71. The molecule has 0 atom stereocenters. The topological polar surface area (TPSA) is 79.5 Å². The third-order valence-corrected chi connectivity index (χ3v) is 4.32. The summed E-state index contributed by atoms with van der Waals surface area (Å²) in [5, 5.41) is 0. The zero-order chi connectivity index (χ0) is 15.6. The maximum absolute atomic E-state index is 5.92. The van der Waals surface area contributed by atoms with Crippen LogP contribution < -0.4 is 19.9 Å². The summed E-state index contributed by atoms with van der Waals surface area (Å²) >= 11 is 2.12. The molecular formula is C14H16IN3O3. The fourth-order valence-corrected chi connectivity index (χ4v) is 2.15. The zero-order valence-corrected chi connectivity index (χ0v) is 14.4. The van der Waals surface area contributed by atoms with Crippen LogP contribution in [-0.4, -0.2) is 31.3 Å². The molecule has 0 aliphatic rings. The van der Waals surface area contributed by atoms with Crippen LogP contribution in [0.1, 0.15) is 5.69 Å². The predicted octanol–water partition coefficient (Wildman–Crippen LogP) is 2.66. The molecule has 0 bridgehead atoms. The van der Waals surface area contributed by atoms with Gasteiger partial charge < -0.3 is 19.9 Å². The lowest BCUT2D eigenvalue weighted by Crippen LogP contribution is -2.03. The second-order valence-electron chi connectivity index (χ2n) is 4.24. The number of nitrogens with two attached hydrogens (primary N) is 1. The van der Waals surface area contributed by atoms with Gasteiger partial charge in [-0.2, -0.15) is 0 Å². The number of aromatic nitrogens is 2. The maximum Gasteiger partial charge on any atom is 0.165 e. The largest absolute Gasteiger partial charge is 0.496 e. The lowest BCUT2D eigenvalue weighted by atomic mass is 10.1. The first kappa shape index (κ1) is 15.6. The molecule has 6 nitrogen and oxygen atoms in total.